The number of ether oxygens (including phenoxy) is 1. The Labute approximate surface area is 865 Å². The molecule has 5 aliphatic heterocycles. The Kier molecular flexibility index (Phi) is 34.2. The van der Waals surface area contributed by atoms with Gasteiger partial charge in [0.15, 0.2) is 25.7 Å². The minimum absolute atomic E-state index is 0. The van der Waals surface area contributed by atoms with Crippen LogP contribution in [-0.4, -0.2) is 231 Å². The van der Waals surface area contributed by atoms with Gasteiger partial charge in [-0.25, -0.2) is 63.8 Å². The van der Waals surface area contributed by atoms with Crippen molar-refractivity contribution in [3.05, 3.63) is 242 Å². The maximum Gasteiger partial charge on any atom is 0.419 e. The van der Waals surface area contributed by atoms with Crippen molar-refractivity contribution in [2.24, 2.45) is 0 Å². The van der Waals surface area contributed by atoms with Crippen LogP contribution in [0.15, 0.2) is 195 Å². The Balaban J connectivity index is 0.000000135. The molecule has 5 saturated heterocycles. The number of urea groups is 5. The third-order valence-corrected chi connectivity index (χ3v) is 29.5. The second kappa shape index (κ2) is 46.6. The lowest BCUT2D eigenvalue weighted by Crippen LogP contribution is -2.55. The smallest absolute Gasteiger partial charge is 0.419 e. The molecule has 5 N–H and O–H groups in total. The third kappa shape index (κ3) is 26.4. The van der Waals surface area contributed by atoms with Crippen molar-refractivity contribution in [1.82, 2.24) is 64.4 Å². The van der Waals surface area contributed by atoms with E-state index in [0.717, 1.165) is 135 Å². The molecule has 756 valence electrons. The Hall–Kier alpha value is -12.6. The highest BCUT2D eigenvalue weighted by Crippen LogP contribution is 2.42. The summed E-state index contributed by atoms with van der Waals surface area (Å²) in [6.07, 6.45) is -9.03. The summed E-state index contributed by atoms with van der Waals surface area (Å²) in [5, 5.41) is 19.8. The standard InChI is InChI=1S/C20H21ClN4O2S.C20H20F3N5OS.C19H17ClF3N5OS.C18H16Cl2N4OS.C18H15ClF3N5OS.CH4/c1-2-27-14-7-8-16-18(13-14)28-19(22-16)23-20(26)25-11-9-24(10-12-25)17-6-4-3-5-15(17)21;1-12-5-6-15-16(10-12)30-18(25-15)26-19(29)28-9-8-27(11-13(28)2)17-14(20(21,22)23)4-3-7-24-17;1-11-10-27(16-13(19(21,22)23)3-2-6-24-16)7-8-28(11)18(29)26-17-25-14-5-4-12(20)9-15(14)30-17;19-12-5-6-14-16(11-12)26-17(21-14)22-18(25)24-9-7-23(8-10-24)15-4-2-1-3-13(15)20;19-12-2-1-5-23-15(12)26-6-8-27(9-7-26)17(28)25-16-24-13-4-3-11(18(20,21)22)10-14(13)29-16;/h3-8,13H,2,9-12H2,1H3,(H,22,23,26);3-7,10,13H,8-9,11H2,1-2H3,(H,25,26,29);2-6,9,11H,7-8,10H2,1H3,(H,25,26,29);1-6,11H,7-10H2,(H,21,22,25);1-5,10H,6-9H2,(H,24,25,28);1H4/t;13-;11-;;;/m.11.../s1. The SMILES string of the molecule is C.CCOc1ccc2nc(NC(=O)N3CCN(c4ccccc4Cl)CC3)sc2c1.C[C@@H]1CN(c2ncccc2C(F)(F)F)CCN1C(=O)Nc1nc2ccc(Cl)cc2s1.Cc1ccc2nc(NC(=O)N3CCN(c4ncccc4C(F)(F)F)C[C@H]3C)sc2c1.O=C(Nc1nc2ccc(C(F)(F)F)cc2s1)N1CCN(c2ncccc2Cl)CC1.O=C(Nc1nc2ccc(Cl)cc2s1)N1CCN(c2ccccc2Cl)CC1. The molecule has 20 rings (SSSR count). The molecule has 5 fully saturated rings. The number of anilines is 10. The fraction of sp³-hybridized carbons (Fsp3) is 0.302. The number of carbonyl (C=O) groups is 5. The number of para-hydroxylation sites is 2. The highest BCUT2D eigenvalue weighted by Gasteiger charge is 2.41. The fourth-order valence-electron chi connectivity index (χ4n) is 16.3. The number of nitrogens with one attached hydrogen (secondary N) is 5. The number of hydrogen-bond donors (Lipinski definition) is 5. The summed E-state index contributed by atoms with van der Waals surface area (Å²) in [6, 6.07) is 47.6. The number of carbonyl (C=O) groups excluding carboxylic acids is 5. The molecule has 0 radical (unpaired) electrons. The molecule has 8 aromatic heterocycles. The second-order valence-electron chi connectivity index (χ2n) is 33.0. The number of benzene rings is 7. The number of piperazine rings is 5. The van der Waals surface area contributed by atoms with Crippen LogP contribution in [0.25, 0.3) is 51.1 Å². The zero-order chi connectivity index (χ0) is 101. The monoisotopic (exact) mass is 2170 g/mol. The zero-order valence-corrected chi connectivity index (χ0v) is 84.3. The van der Waals surface area contributed by atoms with E-state index in [0.29, 0.717) is 111 Å². The number of aryl methyl sites for hydroxylation is 1. The van der Waals surface area contributed by atoms with Crippen LogP contribution in [0.3, 0.4) is 0 Å². The van der Waals surface area contributed by atoms with E-state index >= 15 is 0 Å². The van der Waals surface area contributed by atoms with Gasteiger partial charge in [0.1, 0.15) is 23.2 Å². The zero-order valence-electron chi connectivity index (χ0n) is 76.4. The van der Waals surface area contributed by atoms with Gasteiger partial charge in [0.25, 0.3) is 0 Å². The van der Waals surface area contributed by atoms with Gasteiger partial charge in [-0.05, 0) is 179 Å². The number of amides is 10. The molecule has 10 amide bonds. The lowest BCUT2D eigenvalue weighted by Gasteiger charge is -2.40. The summed E-state index contributed by atoms with van der Waals surface area (Å²) in [5.74, 6) is 1.28. The van der Waals surface area contributed by atoms with Crippen molar-refractivity contribution >= 4 is 250 Å². The average Bonchev–Trinajstić information content (AvgIpc) is 1.18. The molecule has 0 aliphatic carbocycles. The Morgan fingerprint density at radius 2 is 0.694 bits per heavy atom. The van der Waals surface area contributed by atoms with Crippen LogP contribution in [0, 0.1) is 6.92 Å². The molecular formula is C96H93Cl5F9N23O6S5. The predicted molar refractivity (Wildman–Crippen MR) is 560 cm³/mol. The number of halogens is 14. The first-order chi connectivity index (χ1) is 68.5. The van der Waals surface area contributed by atoms with E-state index in [4.69, 9.17) is 62.7 Å². The molecule has 0 unspecified atom stereocenters. The van der Waals surface area contributed by atoms with Gasteiger partial charge in [0, 0.05) is 159 Å². The lowest BCUT2D eigenvalue weighted by molar-refractivity contribution is -0.138. The quantitative estimate of drug-likeness (QED) is 0.0710. The van der Waals surface area contributed by atoms with Crippen LogP contribution in [0.1, 0.15) is 50.5 Å². The van der Waals surface area contributed by atoms with Gasteiger partial charge in [0.2, 0.25) is 0 Å². The Bertz CT molecular complexity index is 6920. The summed E-state index contributed by atoms with van der Waals surface area (Å²) in [7, 11) is 0. The summed E-state index contributed by atoms with van der Waals surface area (Å²) in [6.45, 7) is 17.3. The molecule has 29 nitrogen and oxygen atoms in total. The van der Waals surface area contributed by atoms with E-state index in [2.05, 4.69) is 76.3 Å². The molecule has 15 aromatic rings. The maximum atomic E-state index is 13.3. The molecule has 5 aliphatic rings. The summed E-state index contributed by atoms with van der Waals surface area (Å²) >= 11 is 37.3. The summed E-state index contributed by atoms with van der Waals surface area (Å²) < 4.78 is 128. The van der Waals surface area contributed by atoms with Crippen molar-refractivity contribution in [3.63, 3.8) is 0 Å². The van der Waals surface area contributed by atoms with Gasteiger partial charge in [-0.15, -0.1) is 0 Å². The Morgan fingerprint density at radius 1 is 0.361 bits per heavy atom. The average molecular weight is 2170 g/mol. The van der Waals surface area contributed by atoms with Crippen molar-refractivity contribution in [3.8, 4) is 5.75 Å². The van der Waals surface area contributed by atoms with Gasteiger partial charge >= 0.3 is 48.7 Å². The van der Waals surface area contributed by atoms with Gasteiger partial charge in [-0.2, -0.15) is 39.5 Å². The van der Waals surface area contributed by atoms with E-state index in [1.807, 2.05) is 128 Å². The van der Waals surface area contributed by atoms with E-state index < -0.39 is 35.2 Å². The minimum atomic E-state index is -4.49. The van der Waals surface area contributed by atoms with Crippen molar-refractivity contribution in [2.75, 3.05) is 175 Å². The lowest BCUT2D eigenvalue weighted by atomic mass is 10.1. The predicted octanol–water partition coefficient (Wildman–Crippen LogP) is 24.9. The normalized spacial score (nSPS) is 15.7. The molecule has 13 heterocycles. The molecular weight excluding hydrogens is 2080 g/mol. The highest BCUT2D eigenvalue weighted by atomic mass is 35.5. The molecule has 2 atom stereocenters. The molecule has 0 bridgehead atoms. The topological polar surface area (TPSA) is 290 Å². The van der Waals surface area contributed by atoms with Gasteiger partial charge < -0.3 is 53.7 Å². The molecule has 48 heteroatoms. The number of thiazole rings is 5. The number of aromatic nitrogens is 8. The number of rotatable bonds is 12. The second-order valence-corrected chi connectivity index (χ2v) is 40.3. The first-order valence-electron chi connectivity index (χ1n) is 44.7. The van der Waals surface area contributed by atoms with Crippen LogP contribution in [0.5, 0.6) is 5.75 Å². The molecule has 0 spiro atoms. The van der Waals surface area contributed by atoms with Crippen LogP contribution >= 0.6 is 115 Å². The number of nitrogens with zero attached hydrogens (tertiary/aromatic N) is 18. The molecule has 0 saturated carbocycles. The highest BCUT2D eigenvalue weighted by molar-refractivity contribution is 7.24. The minimum Gasteiger partial charge on any atom is -0.494 e. The largest absolute Gasteiger partial charge is 0.494 e. The number of hydrogen-bond acceptors (Lipinski definition) is 24. The van der Waals surface area contributed by atoms with Crippen LogP contribution in [-0.2, 0) is 18.5 Å². The maximum absolute atomic E-state index is 13.3. The Morgan fingerprint density at radius 3 is 1.08 bits per heavy atom. The first kappa shape index (κ1) is 106. The van der Waals surface area contributed by atoms with Gasteiger partial charge in [0.05, 0.1) is 101 Å². The van der Waals surface area contributed by atoms with Crippen LogP contribution < -0.4 is 55.8 Å². The molecule has 7 aromatic carbocycles. The number of alkyl halides is 9. The van der Waals surface area contributed by atoms with E-state index in [1.165, 1.54) is 75.9 Å². The third-order valence-electron chi connectivity index (χ3n) is 23.4. The van der Waals surface area contributed by atoms with Crippen molar-refractivity contribution in [2.45, 2.75) is 65.7 Å². The summed E-state index contributed by atoms with van der Waals surface area (Å²) in [5.41, 5.74) is 4.50. The van der Waals surface area contributed by atoms with Gasteiger partial charge in [-0.3, -0.25) is 26.6 Å². The molecule has 144 heavy (non-hydrogen) atoms. The van der Waals surface area contributed by atoms with E-state index in [9.17, 15) is 63.5 Å². The van der Waals surface area contributed by atoms with E-state index in [1.54, 1.807) is 78.9 Å². The first-order valence-corrected chi connectivity index (χ1v) is 50.7. The van der Waals surface area contributed by atoms with Gasteiger partial charge in [-0.1, -0.05) is 152 Å². The summed E-state index contributed by atoms with van der Waals surface area (Å²) in [4.78, 5) is 115. The van der Waals surface area contributed by atoms with Crippen molar-refractivity contribution in [1.29, 1.82) is 0 Å². The fourth-order valence-corrected chi connectivity index (χ4v) is 22.0. The van der Waals surface area contributed by atoms with E-state index in [-0.39, 0.29) is 106 Å². The van der Waals surface area contributed by atoms with Crippen molar-refractivity contribution < 1.29 is 68.2 Å². The van der Waals surface area contributed by atoms with Crippen LogP contribution in [0.4, 0.5) is 118 Å². The number of fused-ring (bicyclic) bond motifs is 5. The van der Waals surface area contributed by atoms with Crippen LogP contribution in [0.2, 0.25) is 25.1 Å². The number of pyridine rings is 3.